The number of benzene rings is 3. The van der Waals surface area contributed by atoms with Crippen LogP contribution in [0.4, 0.5) is 0 Å². The fraction of sp³-hybridized carbons (Fsp3) is 0.286. The molecule has 164 valence electrons. The average molecular weight is 427 g/mol. The lowest BCUT2D eigenvalue weighted by Gasteiger charge is -2.26. The largest absolute Gasteiger partial charge is 0.493 e. The summed E-state index contributed by atoms with van der Waals surface area (Å²) in [7, 11) is 0. The maximum Gasteiger partial charge on any atom is 0.259 e. The minimum atomic E-state index is -0.464. The van der Waals surface area contributed by atoms with Crippen LogP contribution in [0, 0.1) is 30.6 Å². The minimum absolute atomic E-state index is 0.285. The number of allylic oxidation sites excluding steroid dienone is 2. The smallest absolute Gasteiger partial charge is 0.259 e. The third-order valence-electron chi connectivity index (χ3n) is 5.28. The number of amides is 1. The molecule has 0 radical (unpaired) electrons. The Balaban J connectivity index is 2.19. The summed E-state index contributed by atoms with van der Waals surface area (Å²) in [4.78, 5) is 13.7. The van der Waals surface area contributed by atoms with Gasteiger partial charge in [-0.25, -0.2) is 0 Å². The SMILES string of the molecule is CCOc1ccc2ccccc2c1C(=O)NC(=C(C#N)c1cc(C)cc(C)c1)C(C)(C)C. The predicted octanol–water partition coefficient (Wildman–Crippen LogP) is 6.57. The zero-order valence-corrected chi connectivity index (χ0v) is 19.7. The fourth-order valence-electron chi connectivity index (χ4n) is 3.95. The zero-order valence-electron chi connectivity index (χ0n) is 19.7. The number of nitrogens with one attached hydrogen (secondary N) is 1. The molecule has 0 atom stereocenters. The molecule has 0 aliphatic carbocycles. The van der Waals surface area contributed by atoms with Gasteiger partial charge in [0.25, 0.3) is 5.91 Å². The standard InChI is InChI=1S/C28H30N2O2/c1-7-32-24-13-12-20-10-8-9-11-22(20)25(24)27(31)30-26(28(4,5)6)23(17-29)21-15-18(2)14-19(3)16-21/h8-16H,7H2,1-6H3,(H,30,31). The van der Waals surface area contributed by atoms with Crippen molar-refractivity contribution in [3.05, 3.63) is 82.5 Å². The van der Waals surface area contributed by atoms with Crippen molar-refractivity contribution in [3.63, 3.8) is 0 Å². The molecule has 0 aliphatic heterocycles. The minimum Gasteiger partial charge on any atom is -0.493 e. The first-order valence-corrected chi connectivity index (χ1v) is 10.8. The Morgan fingerprint density at radius 2 is 1.69 bits per heavy atom. The number of fused-ring (bicyclic) bond motifs is 1. The second-order valence-electron chi connectivity index (χ2n) is 9.04. The molecule has 0 heterocycles. The second kappa shape index (κ2) is 9.28. The molecule has 0 spiro atoms. The summed E-state index contributed by atoms with van der Waals surface area (Å²) >= 11 is 0. The van der Waals surface area contributed by atoms with Crippen LogP contribution in [-0.4, -0.2) is 12.5 Å². The van der Waals surface area contributed by atoms with E-state index in [1.54, 1.807) is 0 Å². The zero-order chi connectivity index (χ0) is 23.5. The van der Waals surface area contributed by atoms with Crippen LogP contribution in [0.2, 0.25) is 0 Å². The summed E-state index contributed by atoms with van der Waals surface area (Å²) in [6.45, 7) is 12.3. The number of hydrogen-bond acceptors (Lipinski definition) is 3. The third-order valence-corrected chi connectivity index (χ3v) is 5.28. The van der Waals surface area contributed by atoms with Crippen LogP contribution in [0.5, 0.6) is 5.75 Å². The average Bonchev–Trinajstić information content (AvgIpc) is 2.72. The van der Waals surface area contributed by atoms with E-state index in [0.29, 0.717) is 29.2 Å². The molecular weight excluding hydrogens is 396 g/mol. The number of aryl methyl sites for hydroxylation is 2. The van der Waals surface area contributed by atoms with Crippen LogP contribution in [0.3, 0.4) is 0 Å². The van der Waals surface area contributed by atoms with E-state index in [4.69, 9.17) is 4.74 Å². The topological polar surface area (TPSA) is 62.1 Å². The Hall–Kier alpha value is -3.58. The van der Waals surface area contributed by atoms with Crippen LogP contribution < -0.4 is 10.1 Å². The number of hydrogen-bond donors (Lipinski definition) is 1. The van der Waals surface area contributed by atoms with Gasteiger partial charge in [0.05, 0.1) is 17.7 Å². The van der Waals surface area contributed by atoms with Gasteiger partial charge in [-0.05, 0) is 43.2 Å². The number of nitrogens with zero attached hydrogens (tertiary/aromatic N) is 1. The first-order chi connectivity index (χ1) is 15.2. The van der Waals surface area contributed by atoms with Gasteiger partial charge < -0.3 is 10.1 Å². The molecule has 3 aromatic carbocycles. The van der Waals surface area contributed by atoms with Gasteiger partial charge in [-0.2, -0.15) is 5.26 Å². The summed E-state index contributed by atoms with van der Waals surface area (Å²) in [5, 5.41) is 15.0. The van der Waals surface area contributed by atoms with Crippen LogP contribution in [-0.2, 0) is 0 Å². The number of carbonyl (C=O) groups is 1. The molecule has 1 N–H and O–H groups in total. The Labute approximate surface area is 190 Å². The summed E-state index contributed by atoms with van der Waals surface area (Å²) in [6, 6.07) is 19.9. The first-order valence-electron chi connectivity index (χ1n) is 10.8. The van der Waals surface area contributed by atoms with Gasteiger partial charge in [-0.15, -0.1) is 0 Å². The quantitative estimate of drug-likeness (QED) is 0.470. The van der Waals surface area contributed by atoms with E-state index in [9.17, 15) is 10.1 Å². The van der Waals surface area contributed by atoms with Gasteiger partial charge in [0.2, 0.25) is 0 Å². The van der Waals surface area contributed by atoms with E-state index in [1.165, 1.54) is 0 Å². The Kier molecular flexibility index (Phi) is 6.69. The lowest BCUT2D eigenvalue weighted by Crippen LogP contribution is -2.31. The number of carbonyl (C=O) groups excluding carboxylic acids is 1. The molecule has 32 heavy (non-hydrogen) atoms. The van der Waals surface area contributed by atoms with E-state index in [0.717, 1.165) is 27.5 Å². The highest BCUT2D eigenvalue weighted by Gasteiger charge is 2.27. The van der Waals surface area contributed by atoms with E-state index >= 15 is 0 Å². The van der Waals surface area contributed by atoms with Crippen molar-refractivity contribution in [2.24, 2.45) is 5.41 Å². The lowest BCUT2D eigenvalue weighted by molar-refractivity contribution is 0.0956. The Bertz CT molecular complexity index is 1220. The van der Waals surface area contributed by atoms with Gasteiger partial charge in [-0.3, -0.25) is 4.79 Å². The highest BCUT2D eigenvalue weighted by atomic mass is 16.5. The van der Waals surface area contributed by atoms with Crippen molar-refractivity contribution in [3.8, 4) is 11.8 Å². The molecule has 3 rings (SSSR count). The van der Waals surface area contributed by atoms with Crippen LogP contribution in [0.25, 0.3) is 16.3 Å². The maximum atomic E-state index is 13.7. The van der Waals surface area contributed by atoms with Gasteiger partial charge in [0.15, 0.2) is 0 Å². The van der Waals surface area contributed by atoms with Crippen molar-refractivity contribution >= 4 is 22.3 Å². The molecule has 4 heteroatoms. The molecule has 0 saturated carbocycles. The molecule has 0 unspecified atom stereocenters. The monoisotopic (exact) mass is 426 g/mol. The van der Waals surface area contributed by atoms with E-state index < -0.39 is 5.41 Å². The van der Waals surface area contributed by atoms with Crippen molar-refractivity contribution in [1.82, 2.24) is 5.32 Å². The molecule has 0 saturated heterocycles. The van der Waals surface area contributed by atoms with Gasteiger partial charge in [0, 0.05) is 11.1 Å². The number of ether oxygens (including phenoxy) is 1. The number of nitriles is 1. The van der Waals surface area contributed by atoms with Crippen molar-refractivity contribution in [1.29, 1.82) is 5.26 Å². The summed E-state index contributed by atoms with van der Waals surface area (Å²) in [5.41, 5.74) is 4.01. The van der Waals surface area contributed by atoms with Gasteiger partial charge in [-0.1, -0.05) is 80.4 Å². The molecule has 0 bridgehead atoms. The Morgan fingerprint density at radius 1 is 1.03 bits per heavy atom. The van der Waals surface area contributed by atoms with Crippen LogP contribution in [0.15, 0.2) is 60.3 Å². The maximum absolute atomic E-state index is 13.7. The number of rotatable bonds is 5. The molecule has 3 aromatic rings. The predicted molar refractivity (Wildman–Crippen MR) is 130 cm³/mol. The van der Waals surface area contributed by atoms with E-state index in [2.05, 4.69) is 17.5 Å². The second-order valence-corrected chi connectivity index (χ2v) is 9.04. The molecule has 0 aromatic heterocycles. The molecule has 0 fully saturated rings. The van der Waals surface area contributed by atoms with Crippen LogP contribution >= 0.6 is 0 Å². The summed E-state index contributed by atoms with van der Waals surface area (Å²) in [5.74, 6) is 0.245. The molecule has 0 aliphatic rings. The molecule has 1 amide bonds. The highest BCUT2D eigenvalue weighted by molar-refractivity contribution is 6.10. The van der Waals surface area contributed by atoms with E-state index in [1.807, 2.05) is 90.1 Å². The summed E-state index contributed by atoms with van der Waals surface area (Å²) < 4.78 is 5.79. The van der Waals surface area contributed by atoms with Gasteiger partial charge >= 0.3 is 0 Å². The van der Waals surface area contributed by atoms with Gasteiger partial charge in [0.1, 0.15) is 11.8 Å². The fourth-order valence-corrected chi connectivity index (χ4v) is 3.95. The highest BCUT2D eigenvalue weighted by Crippen LogP contribution is 2.33. The van der Waals surface area contributed by atoms with Crippen molar-refractivity contribution in [2.75, 3.05) is 6.61 Å². The van der Waals surface area contributed by atoms with Crippen molar-refractivity contribution in [2.45, 2.75) is 41.5 Å². The Morgan fingerprint density at radius 3 is 2.28 bits per heavy atom. The molecular formula is C28H30N2O2. The normalized spacial score (nSPS) is 12.2. The van der Waals surface area contributed by atoms with Crippen LogP contribution in [0.1, 0.15) is 54.7 Å². The summed E-state index contributed by atoms with van der Waals surface area (Å²) in [6.07, 6.45) is 0. The van der Waals surface area contributed by atoms with Crippen molar-refractivity contribution < 1.29 is 9.53 Å². The molecule has 4 nitrogen and oxygen atoms in total. The lowest BCUT2D eigenvalue weighted by atomic mass is 9.85. The first kappa shape index (κ1) is 23.1. The van der Waals surface area contributed by atoms with E-state index in [-0.39, 0.29) is 5.91 Å². The third kappa shape index (κ3) is 4.84.